The van der Waals surface area contributed by atoms with Gasteiger partial charge in [-0.15, -0.1) is 0 Å². The number of piperazine rings is 1. The fourth-order valence-electron chi connectivity index (χ4n) is 3.52. The molecule has 0 bridgehead atoms. The molecule has 6 nitrogen and oxygen atoms in total. The average Bonchev–Trinajstić information content (AvgIpc) is 2.63. The van der Waals surface area contributed by atoms with Crippen molar-refractivity contribution in [2.45, 2.75) is 19.8 Å². The molecular weight excluding hydrogens is 316 g/mol. The summed E-state index contributed by atoms with van der Waals surface area (Å²) in [5.74, 6) is 0.154. The van der Waals surface area contributed by atoms with Crippen LogP contribution in [0.4, 0.5) is 11.4 Å². The Hall–Kier alpha value is -2.08. The van der Waals surface area contributed by atoms with Gasteiger partial charge in [0.15, 0.2) is 0 Å². The highest BCUT2D eigenvalue weighted by Crippen LogP contribution is 2.22. The zero-order valence-corrected chi connectivity index (χ0v) is 15.2. The van der Waals surface area contributed by atoms with E-state index in [1.54, 1.807) is 6.92 Å². The van der Waals surface area contributed by atoms with Crippen LogP contribution in [0.3, 0.4) is 0 Å². The van der Waals surface area contributed by atoms with E-state index >= 15 is 0 Å². The maximum Gasteiger partial charge on any atom is 0.227 e. The average molecular weight is 344 g/mol. The molecule has 0 radical (unpaired) electrons. The monoisotopic (exact) mass is 344 g/mol. The molecule has 1 N–H and O–H groups in total. The molecule has 3 rings (SSSR count). The van der Waals surface area contributed by atoms with Crippen LogP contribution < -0.4 is 10.2 Å². The van der Waals surface area contributed by atoms with Gasteiger partial charge in [-0.3, -0.25) is 9.59 Å². The van der Waals surface area contributed by atoms with Crippen LogP contribution in [-0.4, -0.2) is 67.9 Å². The molecular formula is C19H28N4O2. The maximum atomic E-state index is 12.4. The Morgan fingerprint density at radius 1 is 0.960 bits per heavy atom. The molecule has 6 heteroatoms. The van der Waals surface area contributed by atoms with E-state index in [0.717, 1.165) is 44.7 Å². The molecule has 0 aliphatic carbocycles. The number of rotatable bonds is 3. The van der Waals surface area contributed by atoms with Crippen LogP contribution in [0.25, 0.3) is 0 Å². The number of amides is 2. The number of nitrogens with zero attached hydrogens (tertiary/aromatic N) is 3. The molecule has 0 aromatic heterocycles. The summed E-state index contributed by atoms with van der Waals surface area (Å²) >= 11 is 0. The minimum atomic E-state index is -0.00657. The van der Waals surface area contributed by atoms with Gasteiger partial charge in [-0.2, -0.15) is 0 Å². The van der Waals surface area contributed by atoms with E-state index in [0.29, 0.717) is 13.1 Å². The summed E-state index contributed by atoms with van der Waals surface area (Å²) in [6, 6.07) is 8.13. The van der Waals surface area contributed by atoms with Gasteiger partial charge in [0.05, 0.1) is 0 Å². The predicted octanol–water partition coefficient (Wildman–Crippen LogP) is 1.64. The van der Waals surface area contributed by atoms with Gasteiger partial charge in [0.2, 0.25) is 11.8 Å². The number of carbonyl (C=O) groups excluding carboxylic acids is 2. The number of carbonyl (C=O) groups is 2. The number of hydrogen-bond donors (Lipinski definition) is 1. The van der Waals surface area contributed by atoms with Crippen LogP contribution in [0.15, 0.2) is 24.3 Å². The lowest BCUT2D eigenvalue weighted by atomic mass is 9.96. The number of hydrogen-bond acceptors (Lipinski definition) is 4. The fraction of sp³-hybridized carbons (Fsp3) is 0.579. The Morgan fingerprint density at radius 2 is 1.56 bits per heavy atom. The molecule has 136 valence electrons. The van der Waals surface area contributed by atoms with Crippen molar-refractivity contribution in [3.8, 4) is 0 Å². The highest BCUT2D eigenvalue weighted by Gasteiger charge is 2.26. The van der Waals surface area contributed by atoms with Crippen LogP contribution >= 0.6 is 0 Å². The predicted molar refractivity (Wildman–Crippen MR) is 99.8 cm³/mol. The van der Waals surface area contributed by atoms with Crippen LogP contribution in [0.2, 0.25) is 0 Å². The minimum Gasteiger partial charge on any atom is -0.369 e. The Kier molecular flexibility index (Phi) is 5.58. The van der Waals surface area contributed by atoms with Gasteiger partial charge in [0, 0.05) is 63.5 Å². The maximum absolute atomic E-state index is 12.4. The Balaban J connectivity index is 1.51. The molecule has 2 saturated heterocycles. The lowest BCUT2D eigenvalue weighted by Crippen LogP contribution is -2.44. The number of likely N-dealkylation sites (N-methyl/N-ethyl adjacent to an activating group) is 1. The third-order valence-corrected chi connectivity index (χ3v) is 5.31. The van der Waals surface area contributed by atoms with E-state index < -0.39 is 0 Å². The van der Waals surface area contributed by atoms with Crippen molar-refractivity contribution in [2.24, 2.45) is 5.92 Å². The van der Waals surface area contributed by atoms with Crippen molar-refractivity contribution in [3.63, 3.8) is 0 Å². The summed E-state index contributed by atoms with van der Waals surface area (Å²) in [6.45, 7) is 7.18. The number of anilines is 2. The highest BCUT2D eigenvalue weighted by atomic mass is 16.2. The van der Waals surface area contributed by atoms with Crippen LogP contribution in [0, 0.1) is 5.92 Å². The van der Waals surface area contributed by atoms with Crippen molar-refractivity contribution in [1.29, 1.82) is 0 Å². The topological polar surface area (TPSA) is 55.9 Å². The van der Waals surface area contributed by atoms with Gasteiger partial charge < -0.3 is 20.0 Å². The molecule has 2 amide bonds. The zero-order valence-electron chi connectivity index (χ0n) is 15.2. The minimum absolute atomic E-state index is 0.00657. The first-order valence-corrected chi connectivity index (χ1v) is 9.13. The van der Waals surface area contributed by atoms with Crippen molar-refractivity contribution >= 4 is 23.2 Å². The second-order valence-corrected chi connectivity index (χ2v) is 7.11. The van der Waals surface area contributed by atoms with E-state index in [1.807, 2.05) is 17.0 Å². The van der Waals surface area contributed by atoms with Crippen LogP contribution in [0.1, 0.15) is 19.8 Å². The summed E-state index contributed by atoms with van der Waals surface area (Å²) in [7, 11) is 2.15. The number of benzene rings is 1. The third-order valence-electron chi connectivity index (χ3n) is 5.31. The molecule has 0 atom stereocenters. The second-order valence-electron chi connectivity index (χ2n) is 7.11. The van der Waals surface area contributed by atoms with Crippen LogP contribution in [0.5, 0.6) is 0 Å². The van der Waals surface area contributed by atoms with Crippen molar-refractivity contribution in [1.82, 2.24) is 9.80 Å². The van der Waals surface area contributed by atoms with E-state index in [9.17, 15) is 9.59 Å². The third kappa shape index (κ3) is 4.51. The number of piperidine rings is 1. The first-order chi connectivity index (χ1) is 12.0. The molecule has 2 aliphatic rings. The van der Waals surface area contributed by atoms with Gasteiger partial charge >= 0.3 is 0 Å². The van der Waals surface area contributed by atoms with Gasteiger partial charge in [0.25, 0.3) is 0 Å². The Morgan fingerprint density at radius 3 is 2.12 bits per heavy atom. The Labute approximate surface area is 149 Å². The van der Waals surface area contributed by atoms with Gasteiger partial charge in [0.1, 0.15) is 0 Å². The van der Waals surface area contributed by atoms with Crippen LogP contribution in [-0.2, 0) is 9.59 Å². The molecule has 0 saturated carbocycles. The van der Waals surface area contributed by atoms with E-state index in [1.165, 1.54) is 5.69 Å². The number of likely N-dealkylation sites (tertiary alicyclic amines) is 1. The molecule has 1 aromatic rings. The summed E-state index contributed by atoms with van der Waals surface area (Å²) in [6.07, 6.45) is 1.48. The number of nitrogens with one attached hydrogen (secondary N) is 1. The summed E-state index contributed by atoms with van der Waals surface area (Å²) in [5.41, 5.74) is 2.05. The quantitative estimate of drug-likeness (QED) is 0.906. The van der Waals surface area contributed by atoms with Gasteiger partial charge in [-0.05, 0) is 44.2 Å². The SMILES string of the molecule is CC(=O)N1CCC(C(=O)Nc2ccc(N3CCN(C)CC3)cc2)CC1. The summed E-state index contributed by atoms with van der Waals surface area (Å²) in [5, 5.41) is 3.02. The van der Waals surface area contributed by atoms with Crippen molar-refractivity contribution in [2.75, 3.05) is 56.5 Å². The summed E-state index contributed by atoms with van der Waals surface area (Å²) in [4.78, 5) is 30.3. The molecule has 0 unspecified atom stereocenters. The molecule has 25 heavy (non-hydrogen) atoms. The largest absolute Gasteiger partial charge is 0.369 e. The Bertz CT molecular complexity index is 600. The standard InChI is InChI=1S/C19H28N4O2/c1-15(24)22-9-7-16(8-10-22)19(25)20-17-3-5-18(6-4-17)23-13-11-21(2)12-14-23/h3-6,16H,7-14H2,1-2H3,(H,20,25). The molecule has 1 aromatic carbocycles. The van der Waals surface area contributed by atoms with E-state index in [2.05, 4.69) is 34.3 Å². The molecule has 2 fully saturated rings. The lowest BCUT2D eigenvalue weighted by molar-refractivity contribution is -0.132. The van der Waals surface area contributed by atoms with Gasteiger partial charge in [-0.1, -0.05) is 0 Å². The second kappa shape index (κ2) is 7.87. The molecule has 0 spiro atoms. The normalized spacial score (nSPS) is 19.8. The van der Waals surface area contributed by atoms with Crippen molar-refractivity contribution < 1.29 is 9.59 Å². The highest BCUT2D eigenvalue weighted by molar-refractivity contribution is 5.93. The fourth-order valence-corrected chi connectivity index (χ4v) is 3.52. The van der Waals surface area contributed by atoms with Crippen molar-refractivity contribution in [3.05, 3.63) is 24.3 Å². The first-order valence-electron chi connectivity index (χ1n) is 9.13. The first kappa shape index (κ1) is 17.7. The van der Waals surface area contributed by atoms with E-state index in [4.69, 9.17) is 0 Å². The zero-order chi connectivity index (χ0) is 17.8. The molecule has 2 heterocycles. The van der Waals surface area contributed by atoms with Gasteiger partial charge in [-0.25, -0.2) is 0 Å². The lowest BCUT2D eigenvalue weighted by Gasteiger charge is -2.34. The summed E-state index contributed by atoms with van der Waals surface area (Å²) < 4.78 is 0. The smallest absolute Gasteiger partial charge is 0.227 e. The molecule has 2 aliphatic heterocycles. The van der Waals surface area contributed by atoms with E-state index in [-0.39, 0.29) is 17.7 Å².